The van der Waals surface area contributed by atoms with E-state index in [-0.39, 0.29) is 0 Å². The Morgan fingerprint density at radius 3 is 2.71 bits per heavy atom. The third-order valence-electron chi connectivity index (χ3n) is 2.70. The topological polar surface area (TPSA) is 56.2 Å². The Balaban J connectivity index is 2.20. The van der Waals surface area contributed by atoms with Crippen molar-refractivity contribution in [3.05, 3.63) is 35.5 Å². The van der Waals surface area contributed by atoms with Gasteiger partial charge in [0.1, 0.15) is 17.2 Å². The van der Waals surface area contributed by atoms with Crippen LogP contribution in [0, 0.1) is 0 Å². The Morgan fingerprint density at radius 2 is 2.10 bits per heavy atom. The van der Waals surface area contributed by atoms with Gasteiger partial charge in [0.2, 0.25) is 0 Å². The summed E-state index contributed by atoms with van der Waals surface area (Å²) in [6.07, 6.45) is 1.07. The van der Waals surface area contributed by atoms with Crippen LogP contribution in [-0.4, -0.2) is 21.2 Å². The monoisotopic (exact) mass is 307 g/mol. The maximum atomic E-state index is 11.8. The number of ether oxygens (including phenoxy) is 1. The van der Waals surface area contributed by atoms with E-state index in [1.165, 1.54) is 0 Å². The molecule has 1 amide bonds. The van der Waals surface area contributed by atoms with Crippen molar-refractivity contribution in [3.8, 4) is 11.4 Å². The largest absolute Gasteiger partial charge is 0.444 e. The number of anilines is 1. The van der Waals surface area contributed by atoms with Crippen molar-refractivity contribution < 1.29 is 9.53 Å². The van der Waals surface area contributed by atoms with Crippen LogP contribution >= 0.6 is 11.6 Å². The van der Waals surface area contributed by atoms with Crippen LogP contribution < -0.4 is 5.32 Å². The fraction of sp³-hybridized carbons (Fsp3) is 0.333. The van der Waals surface area contributed by atoms with Crippen molar-refractivity contribution >= 4 is 23.5 Å². The van der Waals surface area contributed by atoms with Gasteiger partial charge in [0, 0.05) is 17.6 Å². The van der Waals surface area contributed by atoms with E-state index in [1.54, 1.807) is 16.8 Å². The van der Waals surface area contributed by atoms with Crippen LogP contribution in [0.2, 0.25) is 5.02 Å². The number of imidazole rings is 1. The summed E-state index contributed by atoms with van der Waals surface area (Å²) in [7, 11) is 1.82. The van der Waals surface area contributed by atoms with Crippen LogP contribution in [0.1, 0.15) is 20.8 Å². The second-order valence-electron chi connectivity index (χ2n) is 5.66. The van der Waals surface area contributed by atoms with Crippen LogP contribution in [0.4, 0.5) is 10.6 Å². The van der Waals surface area contributed by atoms with Crippen molar-refractivity contribution in [2.75, 3.05) is 5.32 Å². The molecule has 0 radical (unpaired) electrons. The summed E-state index contributed by atoms with van der Waals surface area (Å²) in [5, 5.41) is 3.31. The Hall–Kier alpha value is -2.01. The zero-order valence-corrected chi connectivity index (χ0v) is 13.2. The van der Waals surface area contributed by atoms with Crippen molar-refractivity contribution in [2.45, 2.75) is 26.4 Å². The van der Waals surface area contributed by atoms with Gasteiger partial charge < -0.3 is 9.30 Å². The third kappa shape index (κ3) is 3.98. The number of carbonyl (C=O) groups is 1. The van der Waals surface area contributed by atoms with Gasteiger partial charge in [-0.05, 0) is 32.9 Å². The zero-order valence-electron chi connectivity index (χ0n) is 12.5. The van der Waals surface area contributed by atoms with Gasteiger partial charge in [-0.1, -0.05) is 23.7 Å². The van der Waals surface area contributed by atoms with Crippen LogP contribution in [0.3, 0.4) is 0 Å². The van der Waals surface area contributed by atoms with Gasteiger partial charge in [-0.2, -0.15) is 0 Å². The third-order valence-corrected chi connectivity index (χ3v) is 2.94. The predicted molar refractivity (Wildman–Crippen MR) is 83.5 cm³/mol. The smallest absolute Gasteiger partial charge is 0.413 e. The Kier molecular flexibility index (Phi) is 4.23. The van der Waals surface area contributed by atoms with Crippen molar-refractivity contribution in [3.63, 3.8) is 0 Å². The normalized spacial score (nSPS) is 11.3. The fourth-order valence-electron chi connectivity index (χ4n) is 1.83. The summed E-state index contributed by atoms with van der Waals surface area (Å²) in [5.41, 5.74) is 0.334. The fourth-order valence-corrected chi connectivity index (χ4v) is 2.02. The van der Waals surface area contributed by atoms with Gasteiger partial charge in [-0.25, -0.2) is 9.78 Å². The molecule has 0 aliphatic carbocycles. The lowest BCUT2D eigenvalue weighted by molar-refractivity contribution is 0.0635. The minimum absolute atomic E-state index is 0.511. The van der Waals surface area contributed by atoms with E-state index in [1.807, 2.05) is 46.0 Å². The van der Waals surface area contributed by atoms with E-state index < -0.39 is 11.7 Å². The first-order chi connectivity index (χ1) is 9.76. The number of halogens is 1. The first-order valence-electron chi connectivity index (χ1n) is 6.54. The van der Waals surface area contributed by atoms with E-state index in [2.05, 4.69) is 10.3 Å². The minimum atomic E-state index is -0.543. The number of nitrogens with one attached hydrogen (secondary N) is 1. The Labute approximate surface area is 128 Å². The number of nitrogens with zero attached hydrogens (tertiary/aromatic N) is 2. The highest BCUT2D eigenvalue weighted by Crippen LogP contribution is 2.24. The Bertz CT molecular complexity index is 659. The number of amides is 1. The second kappa shape index (κ2) is 5.77. The predicted octanol–water partition coefficient (Wildman–Crippen LogP) is 4.09. The first-order valence-corrected chi connectivity index (χ1v) is 6.92. The van der Waals surface area contributed by atoms with E-state index in [0.717, 1.165) is 5.56 Å². The maximum absolute atomic E-state index is 11.8. The molecule has 0 aliphatic rings. The number of carbonyl (C=O) groups excluding carboxylic acids is 1. The molecular weight excluding hydrogens is 290 g/mol. The number of rotatable bonds is 2. The molecule has 2 aromatic rings. The highest BCUT2D eigenvalue weighted by atomic mass is 35.5. The zero-order chi connectivity index (χ0) is 15.6. The molecule has 1 aromatic heterocycles. The number of aromatic nitrogens is 2. The van der Waals surface area contributed by atoms with E-state index in [9.17, 15) is 4.79 Å². The van der Waals surface area contributed by atoms with Crippen molar-refractivity contribution in [1.82, 2.24) is 9.55 Å². The van der Waals surface area contributed by atoms with Gasteiger partial charge in [0.15, 0.2) is 0 Å². The number of benzene rings is 1. The average Bonchev–Trinajstić information content (AvgIpc) is 2.68. The molecule has 1 heterocycles. The molecular formula is C15H18ClN3O2. The maximum Gasteiger partial charge on any atom is 0.413 e. The average molecular weight is 308 g/mol. The standard InChI is InChI=1S/C15H18ClN3O2/c1-15(2,3)21-14(20)18-12-9-17-13(19(12)4)10-6-5-7-11(16)8-10/h5-9H,1-4H3,(H,18,20). The summed E-state index contributed by atoms with van der Waals surface area (Å²) in [6.45, 7) is 5.44. The van der Waals surface area contributed by atoms with Crippen LogP contribution in [-0.2, 0) is 11.8 Å². The minimum Gasteiger partial charge on any atom is -0.444 e. The van der Waals surface area contributed by atoms with Gasteiger partial charge in [0.05, 0.1) is 6.20 Å². The summed E-state index contributed by atoms with van der Waals surface area (Å²) in [5.74, 6) is 1.27. The van der Waals surface area contributed by atoms with E-state index in [4.69, 9.17) is 16.3 Å². The van der Waals surface area contributed by atoms with Crippen molar-refractivity contribution in [2.24, 2.45) is 7.05 Å². The number of hydrogen-bond donors (Lipinski definition) is 1. The van der Waals surface area contributed by atoms with Gasteiger partial charge in [0.25, 0.3) is 0 Å². The quantitative estimate of drug-likeness (QED) is 0.909. The van der Waals surface area contributed by atoms with Crippen LogP contribution in [0.25, 0.3) is 11.4 Å². The van der Waals surface area contributed by atoms with E-state index >= 15 is 0 Å². The second-order valence-corrected chi connectivity index (χ2v) is 6.10. The molecule has 6 heteroatoms. The highest BCUT2D eigenvalue weighted by molar-refractivity contribution is 6.30. The molecule has 1 aromatic carbocycles. The van der Waals surface area contributed by atoms with Gasteiger partial charge in [-0.3, -0.25) is 5.32 Å². The number of hydrogen-bond acceptors (Lipinski definition) is 3. The molecule has 0 saturated carbocycles. The molecule has 2 rings (SSSR count). The van der Waals surface area contributed by atoms with Gasteiger partial charge in [-0.15, -0.1) is 0 Å². The molecule has 0 atom stereocenters. The molecule has 0 unspecified atom stereocenters. The summed E-state index contributed by atoms with van der Waals surface area (Å²) < 4.78 is 6.99. The summed E-state index contributed by atoms with van der Waals surface area (Å²) >= 11 is 5.98. The molecule has 5 nitrogen and oxygen atoms in total. The van der Waals surface area contributed by atoms with Gasteiger partial charge >= 0.3 is 6.09 Å². The molecule has 0 aliphatic heterocycles. The molecule has 0 fully saturated rings. The molecule has 1 N–H and O–H groups in total. The molecule has 112 valence electrons. The summed E-state index contributed by atoms with van der Waals surface area (Å²) in [6, 6.07) is 7.38. The lowest BCUT2D eigenvalue weighted by atomic mass is 10.2. The van der Waals surface area contributed by atoms with Crippen LogP contribution in [0.5, 0.6) is 0 Å². The SMILES string of the molecule is Cn1c(NC(=O)OC(C)(C)C)cnc1-c1cccc(Cl)c1. The molecule has 0 bridgehead atoms. The lowest BCUT2D eigenvalue weighted by Crippen LogP contribution is -2.27. The molecule has 0 saturated heterocycles. The van der Waals surface area contributed by atoms with E-state index in [0.29, 0.717) is 16.7 Å². The molecule has 0 spiro atoms. The highest BCUT2D eigenvalue weighted by Gasteiger charge is 2.18. The molecule has 21 heavy (non-hydrogen) atoms. The lowest BCUT2D eigenvalue weighted by Gasteiger charge is -2.19. The first kappa shape index (κ1) is 15.4. The van der Waals surface area contributed by atoms with Crippen molar-refractivity contribution in [1.29, 1.82) is 0 Å². The Morgan fingerprint density at radius 1 is 1.38 bits per heavy atom. The van der Waals surface area contributed by atoms with Crippen LogP contribution in [0.15, 0.2) is 30.5 Å². The summed E-state index contributed by atoms with van der Waals surface area (Å²) in [4.78, 5) is 16.1.